The van der Waals surface area contributed by atoms with Gasteiger partial charge in [-0.2, -0.15) is 0 Å². The highest BCUT2D eigenvalue weighted by molar-refractivity contribution is 5.70. The van der Waals surface area contributed by atoms with Crippen LogP contribution in [0.3, 0.4) is 0 Å². The van der Waals surface area contributed by atoms with E-state index < -0.39 is 36.0 Å². The smallest absolute Gasteiger partial charge is 0.410 e. The quantitative estimate of drug-likeness (QED) is 0.158. The summed E-state index contributed by atoms with van der Waals surface area (Å²) >= 11 is 0. The molecule has 6 atom stereocenters. The summed E-state index contributed by atoms with van der Waals surface area (Å²) in [6.45, 7) is 10.5. The van der Waals surface area contributed by atoms with E-state index >= 15 is 0 Å². The fourth-order valence-electron chi connectivity index (χ4n) is 6.86. The maximum Gasteiger partial charge on any atom is 0.410 e. The molecule has 2 N–H and O–H groups in total. The van der Waals surface area contributed by atoms with Crippen LogP contribution in [0.2, 0.25) is 0 Å². The fourth-order valence-corrected chi connectivity index (χ4v) is 6.86. The van der Waals surface area contributed by atoms with Crippen LogP contribution in [0.4, 0.5) is 4.79 Å². The molecule has 1 unspecified atom stereocenters. The standard InChI is InChI=1S/C38H56N2O6/c1-28(31-15-8-7-9-16-31)13-12-14-29(2)36-30(3)19-20-34(38(4,44)22-21-33(41)27-35(42)46-36)45-37(43)40-25-23-39(24-26-40)32-17-10-5-6-11-18-32/h7-9,12-16,19-20,28,30,32-34,36,41,44H,5-6,10-11,17-18,21-27H2,1-4H3/b13-12+,20-19+,29-14+/t28?,30-,33+,34-,36+,38+/m0/s1. The average Bonchev–Trinajstić information content (AvgIpc) is 3.34. The zero-order chi connectivity index (χ0) is 33.1. The van der Waals surface area contributed by atoms with Crippen molar-refractivity contribution < 1.29 is 29.3 Å². The first-order valence-electron chi connectivity index (χ1n) is 17.4. The highest BCUT2D eigenvalue weighted by atomic mass is 16.6. The number of rotatable bonds is 6. The topological polar surface area (TPSA) is 99.5 Å². The predicted molar refractivity (Wildman–Crippen MR) is 181 cm³/mol. The lowest BCUT2D eigenvalue weighted by Gasteiger charge is -2.40. The van der Waals surface area contributed by atoms with Gasteiger partial charge < -0.3 is 24.6 Å². The van der Waals surface area contributed by atoms with Crippen LogP contribution in [-0.2, 0) is 14.3 Å². The van der Waals surface area contributed by atoms with Gasteiger partial charge in [0.2, 0.25) is 0 Å². The Kier molecular flexibility index (Phi) is 13.5. The molecule has 1 aliphatic carbocycles. The van der Waals surface area contributed by atoms with E-state index in [9.17, 15) is 19.8 Å². The number of carbonyl (C=O) groups excluding carboxylic acids is 2. The van der Waals surface area contributed by atoms with Gasteiger partial charge in [0.15, 0.2) is 6.10 Å². The van der Waals surface area contributed by atoms with Crippen LogP contribution >= 0.6 is 0 Å². The number of carbonyl (C=O) groups is 2. The lowest BCUT2D eigenvalue weighted by atomic mass is 9.88. The molecular formula is C38H56N2O6. The van der Waals surface area contributed by atoms with Gasteiger partial charge in [0.05, 0.1) is 12.5 Å². The minimum atomic E-state index is -1.44. The van der Waals surface area contributed by atoms with Crippen LogP contribution < -0.4 is 0 Å². The number of benzene rings is 1. The SMILES string of the molecule is C/C(=C\C=C\C(C)c1ccccc1)[C@H]1OC(=O)C[C@H](O)CC[C@@](C)(O)[C@@H](OC(=O)N2CCN(C3CCCCCC3)CC2)/C=C/[C@@H]1C. The molecule has 1 aromatic carbocycles. The molecule has 1 saturated heterocycles. The van der Waals surface area contributed by atoms with Crippen molar-refractivity contribution in [2.75, 3.05) is 26.2 Å². The molecule has 2 heterocycles. The van der Waals surface area contributed by atoms with Crippen LogP contribution in [-0.4, -0.2) is 88.2 Å². The number of hydrogen-bond acceptors (Lipinski definition) is 7. The Morgan fingerprint density at radius 3 is 2.39 bits per heavy atom. The van der Waals surface area contributed by atoms with E-state index in [1.54, 1.807) is 17.9 Å². The molecule has 8 nitrogen and oxygen atoms in total. The summed E-state index contributed by atoms with van der Waals surface area (Å²) in [6.07, 6.45) is 14.5. The van der Waals surface area contributed by atoms with E-state index in [0.29, 0.717) is 19.1 Å². The van der Waals surface area contributed by atoms with E-state index in [-0.39, 0.29) is 31.1 Å². The van der Waals surface area contributed by atoms with Crippen molar-refractivity contribution in [2.24, 2.45) is 5.92 Å². The van der Waals surface area contributed by atoms with Gasteiger partial charge >= 0.3 is 12.1 Å². The molecule has 3 aliphatic rings. The number of esters is 1. The Labute approximate surface area is 276 Å². The van der Waals surface area contributed by atoms with Crippen LogP contribution in [0, 0.1) is 5.92 Å². The van der Waals surface area contributed by atoms with Gasteiger partial charge in [-0.05, 0) is 62.7 Å². The molecule has 0 aromatic heterocycles. The second-order valence-corrected chi connectivity index (χ2v) is 13.9. The maximum atomic E-state index is 13.4. The normalized spacial score (nSPS) is 31.3. The summed E-state index contributed by atoms with van der Waals surface area (Å²) in [6, 6.07) is 10.8. The third kappa shape index (κ3) is 10.5. The van der Waals surface area contributed by atoms with Crippen molar-refractivity contribution >= 4 is 12.1 Å². The van der Waals surface area contributed by atoms with Crippen molar-refractivity contribution in [3.63, 3.8) is 0 Å². The molecular weight excluding hydrogens is 580 g/mol. The third-order valence-electron chi connectivity index (χ3n) is 10.00. The zero-order valence-electron chi connectivity index (χ0n) is 28.4. The second kappa shape index (κ2) is 17.3. The Balaban J connectivity index is 1.45. The Morgan fingerprint density at radius 1 is 1.04 bits per heavy atom. The summed E-state index contributed by atoms with van der Waals surface area (Å²) in [5.74, 6) is -0.552. The number of amides is 1. The van der Waals surface area contributed by atoms with Crippen molar-refractivity contribution in [3.8, 4) is 0 Å². The molecule has 8 heteroatoms. The Bertz CT molecular complexity index is 1190. The van der Waals surface area contributed by atoms with E-state index in [1.807, 2.05) is 50.3 Å². The molecule has 46 heavy (non-hydrogen) atoms. The van der Waals surface area contributed by atoms with Gasteiger partial charge in [0, 0.05) is 38.1 Å². The molecule has 0 spiro atoms. The first-order valence-corrected chi connectivity index (χ1v) is 17.4. The monoisotopic (exact) mass is 636 g/mol. The highest BCUT2D eigenvalue weighted by Crippen LogP contribution is 2.28. The number of hydrogen-bond donors (Lipinski definition) is 2. The largest absolute Gasteiger partial charge is 0.457 e. The van der Waals surface area contributed by atoms with Gasteiger partial charge in [0.25, 0.3) is 0 Å². The molecule has 0 bridgehead atoms. The molecule has 254 valence electrons. The number of piperazine rings is 1. The minimum absolute atomic E-state index is 0.153. The van der Waals surface area contributed by atoms with Crippen LogP contribution in [0.25, 0.3) is 0 Å². The maximum absolute atomic E-state index is 13.4. The van der Waals surface area contributed by atoms with Crippen LogP contribution in [0.1, 0.15) is 97.0 Å². The second-order valence-electron chi connectivity index (χ2n) is 13.9. The van der Waals surface area contributed by atoms with Gasteiger partial charge in [-0.25, -0.2) is 4.79 Å². The van der Waals surface area contributed by atoms with Gasteiger partial charge in [-0.3, -0.25) is 9.69 Å². The molecule has 4 rings (SSSR count). The van der Waals surface area contributed by atoms with E-state index in [0.717, 1.165) is 18.7 Å². The first kappa shape index (κ1) is 35.9. The Hall–Kier alpha value is -2.94. The number of allylic oxidation sites excluding steroid dienone is 3. The fraction of sp³-hybridized carbons (Fsp3) is 0.632. The molecule has 1 aromatic rings. The predicted octanol–water partition coefficient (Wildman–Crippen LogP) is 6.54. The summed E-state index contributed by atoms with van der Waals surface area (Å²) < 4.78 is 11.9. The average molecular weight is 637 g/mol. The number of aliphatic hydroxyl groups is 2. The number of nitrogens with zero attached hydrogens (tertiary/aromatic N) is 2. The van der Waals surface area contributed by atoms with Gasteiger partial charge in [-0.1, -0.05) is 94.2 Å². The van der Waals surface area contributed by atoms with Crippen molar-refractivity contribution in [2.45, 2.75) is 121 Å². The van der Waals surface area contributed by atoms with Crippen molar-refractivity contribution in [1.82, 2.24) is 9.80 Å². The molecule has 0 radical (unpaired) electrons. The molecule has 2 aliphatic heterocycles. The number of ether oxygens (including phenoxy) is 2. The minimum Gasteiger partial charge on any atom is -0.457 e. The summed E-state index contributed by atoms with van der Waals surface area (Å²) in [5.41, 5.74) is 0.622. The first-order chi connectivity index (χ1) is 22.0. The molecule has 1 amide bonds. The molecule has 1 saturated carbocycles. The van der Waals surface area contributed by atoms with E-state index in [2.05, 4.69) is 30.0 Å². The van der Waals surface area contributed by atoms with Crippen molar-refractivity contribution in [1.29, 1.82) is 0 Å². The van der Waals surface area contributed by atoms with Crippen molar-refractivity contribution in [3.05, 3.63) is 71.8 Å². The van der Waals surface area contributed by atoms with Crippen LogP contribution in [0.5, 0.6) is 0 Å². The summed E-state index contributed by atoms with van der Waals surface area (Å²) in [7, 11) is 0. The summed E-state index contributed by atoms with van der Waals surface area (Å²) in [5, 5.41) is 22.2. The van der Waals surface area contributed by atoms with Gasteiger partial charge in [-0.15, -0.1) is 0 Å². The number of aliphatic hydroxyl groups excluding tert-OH is 1. The summed E-state index contributed by atoms with van der Waals surface area (Å²) in [4.78, 5) is 30.5. The third-order valence-corrected chi connectivity index (χ3v) is 10.00. The highest BCUT2D eigenvalue weighted by Gasteiger charge is 2.37. The van der Waals surface area contributed by atoms with E-state index in [1.165, 1.54) is 44.1 Å². The van der Waals surface area contributed by atoms with E-state index in [4.69, 9.17) is 9.47 Å². The van der Waals surface area contributed by atoms with Crippen LogP contribution in [0.15, 0.2) is 66.3 Å². The van der Waals surface area contributed by atoms with Gasteiger partial charge in [0.1, 0.15) is 11.7 Å². The number of cyclic esters (lactones) is 1. The zero-order valence-corrected chi connectivity index (χ0v) is 28.4. The molecule has 2 fully saturated rings. The lowest BCUT2D eigenvalue weighted by molar-refractivity contribution is -0.151. The Morgan fingerprint density at radius 2 is 1.72 bits per heavy atom. The lowest BCUT2D eigenvalue weighted by Crippen LogP contribution is -2.53.